The number of aromatic nitrogens is 2. The Kier molecular flexibility index (Phi) is 6.59. The third-order valence-corrected chi connectivity index (χ3v) is 6.15. The molecule has 0 unspecified atom stereocenters. The van der Waals surface area contributed by atoms with E-state index in [0.717, 1.165) is 18.6 Å². The van der Waals surface area contributed by atoms with Crippen molar-refractivity contribution in [2.45, 2.75) is 17.2 Å². The van der Waals surface area contributed by atoms with Gasteiger partial charge in [-0.3, -0.25) is 4.79 Å². The van der Waals surface area contributed by atoms with Crippen LogP contribution in [0.15, 0.2) is 53.8 Å². The van der Waals surface area contributed by atoms with Gasteiger partial charge in [-0.2, -0.15) is 26.3 Å². The number of halogens is 7. The van der Waals surface area contributed by atoms with Gasteiger partial charge < -0.3 is 9.30 Å². The molecular formula is C19H12ClF6N3O4S. The van der Waals surface area contributed by atoms with E-state index in [-0.39, 0.29) is 16.8 Å². The minimum absolute atomic E-state index is 0.0570. The van der Waals surface area contributed by atoms with Crippen molar-refractivity contribution >= 4 is 27.5 Å². The second kappa shape index (κ2) is 8.83. The Morgan fingerprint density at radius 1 is 1.03 bits per heavy atom. The maximum atomic E-state index is 13.1. The molecule has 0 bridgehead atoms. The fourth-order valence-corrected chi connectivity index (χ4v) is 4.19. The second-order valence-electron chi connectivity index (χ2n) is 6.66. The number of nitrogens with one attached hydrogen (secondary N) is 1. The average Bonchev–Trinajstić information content (AvgIpc) is 3.22. The van der Waals surface area contributed by atoms with Gasteiger partial charge in [0.05, 0.1) is 23.3 Å². The summed E-state index contributed by atoms with van der Waals surface area (Å²) in [5, 5.41) is -0.240. The van der Waals surface area contributed by atoms with Crippen LogP contribution in [-0.4, -0.2) is 31.0 Å². The maximum absolute atomic E-state index is 13.1. The van der Waals surface area contributed by atoms with Crippen molar-refractivity contribution in [2.75, 3.05) is 7.11 Å². The van der Waals surface area contributed by atoms with Gasteiger partial charge in [-0.15, -0.1) is 0 Å². The van der Waals surface area contributed by atoms with Gasteiger partial charge in [0.25, 0.3) is 15.9 Å². The zero-order chi connectivity index (χ0) is 25.5. The Hall–Kier alpha value is -3.26. The normalized spacial score (nSPS) is 12.5. The van der Waals surface area contributed by atoms with Gasteiger partial charge >= 0.3 is 12.4 Å². The van der Waals surface area contributed by atoms with E-state index in [1.807, 2.05) is 0 Å². The quantitative estimate of drug-likeness (QED) is 0.486. The molecule has 182 valence electrons. The molecule has 3 rings (SSSR count). The second-order valence-corrected chi connectivity index (χ2v) is 8.72. The summed E-state index contributed by atoms with van der Waals surface area (Å²) in [6, 6.07) is 4.40. The SMILES string of the molecule is COc1ccc(Cl)c(S(=O)(=O)NC(=O)c2cn(-c3cc(C(F)(F)F)cc(C(F)(F)F)c3)cn2)c1. The first-order valence-corrected chi connectivity index (χ1v) is 10.7. The number of alkyl halides is 6. The summed E-state index contributed by atoms with van der Waals surface area (Å²) in [4.78, 5) is 15.5. The molecule has 0 aliphatic carbocycles. The van der Waals surface area contributed by atoms with E-state index in [1.54, 1.807) is 4.72 Å². The van der Waals surface area contributed by atoms with E-state index >= 15 is 0 Å². The predicted octanol–water partition coefficient (Wildman–Crippen LogP) is 4.69. The number of benzene rings is 2. The summed E-state index contributed by atoms with van der Waals surface area (Å²) < 4.78 is 111. The summed E-state index contributed by atoms with van der Waals surface area (Å²) >= 11 is 5.87. The topological polar surface area (TPSA) is 90.3 Å². The summed E-state index contributed by atoms with van der Waals surface area (Å²) in [6.45, 7) is 0. The van der Waals surface area contributed by atoms with E-state index in [4.69, 9.17) is 16.3 Å². The molecule has 0 fully saturated rings. The molecule has 2 aromatic carbocycles. The van der Waals surface area contributed by atoms with Crippen LogP contribution in [-0.2, 0) is 22.4 Å². The highest BCUT2D eigenvalue weighted by molar-refractivity contribution is 7.90. The number of carbonyl (C=O) groups excluding carboxylic acids is 1. The lowest BCUT2D eigenvalue weighted by Crippen LogP contribution is -2.31. The molecule has 0 saturated heterocycles. The summed E-state index contributed by atoms with van der Waals surface area (Å²) in [6.07, 6.45) is -8.63. The molecule has 0 radical (unpaired) electrons. The monoisotopic (exact) mass is 527 g/mol. The molecule has 34 heavy (non-hydrogen) atoms. The van der Waals surface area contributed by atoms with Gasteiger partial charge in [0, 0.05) is 18.0 Å². The smallest absolute Gasteiger partial charge is 0.416 e. The van der Waals surface area contributed by atoms with E-state index in [2.05, 4.69) is 4.98 Å². The van der Waals surface area contributed by atoms with Gasteiger partial charge in [0.1, 0.15) is 22.7 Å². The van der Waals surface area contributed by atoms with Crippen LogP contribution in [0, 0.1) is 0 Å². The molecule has 0 aliphatic rings. The van der Waals surface area contributed by atoms with E-state index < -0.39 is 55.7 Å². The molecule has 1 amide bonds. The van der Waals surface area contributed by atoms with Crippen LogP contribution in [0.4, 0.5) is 26.3 Å². The predicted molar refractivity (Wildman–Crippen MR) is 106 cm³/mol. The van der Waals surface area contributed by atoms with Crippen molar-refractivity contribution in [3.63, 3.8) is 0 Å². The molecule has 0 aliphatic heterocycles. The van der Waals surface area contributed by atoms with E-state index in [9.17, 15) is 39.6 Å². The van der Waals surface area contributed by atoms with Crippen molar-refractivity contribution in [3.05, 3.63) is 70.8 Å². The molecule has 7 nitrogen and oxygen atoms in total. The Morgan fingerprint density at radius 2 is 1.62 bits per heavy atom. The van der Waals surface area contributed by atoms with Gasteiger partial charge in [-0.1, -0.05) is 11.6 Å². The first kappa shape index (κ1) is 25.4. The van der Waals surface area contributed by atoms with Crippen LogP contribution in [0.3, 0.4) is 0 Å². The summed E-state index contributed by atoms with van der Waals surface area (Å²) in [7, 11) is -3.27. The molecule has 0 spiro atoms. The van der Waals surface area contributed by atoms with Crippen LogP contribution < -0.4 is 9.46 Å². The van der Waals surface area contributed by atoms with Gasteiger partial charge in [0.15, 0.2) is 0 Å². The molecule has 1 heterocycles. The zero-order valence-corrected chi connectivity index (χ0v) is 18.3. The number of hydrogen-bond donors (Lipinski definition) is 1. The van der Waals surface area contributed by atoms with Crippen LogP contribution >= 0.6 is 11.6 Å². The molecule has 1 aromatic heterocycles. The number of ether oxygens (including phenoxy) is 1. The molecule has 0 atom stereocenters. The number of imidazole rings is 1. The van der Waals surface area contributed by atoms with Crippen molar-refractivity contribution in [2.24, 2.45) is 0 Å². The number of carbonyl (C=O) groups is 1. The van der Waals surface area contributed by atoms with E-state index in [1.165, 1.54) is 19.2 Å². The number of amides is 1. The number of sulfonamides is 1. The molecule has 1 N–H and O–H groups in total. The van der Waals surface area contributed by atoms with Gasteiger partial charge in [-0.25, -0.2) is 18.1 Å². The Bertz CT molecular complexity index is 1320. The third kappa shape index (κ3) is 5.44. The average molecular weight is 528 g/mol. The van der Waals surface area contributed by atoms with Crippen LogP contribution in [0.1, 0.15) is 21.6 Å². The van der Waals surface area contributed by atoms with Crippen molar-refractivity contribution in [1.29, 1.82) is 0 Å². The molecule has 3 aromatic rings. The van der Waals surface area contributed by atoms with Crippen molar-refractivity contribution < 1.29 is 44.3 Å². The first-order chi connectivity index (χ1) is 15.6. The first-order valence-electron chi connectivity index (χ1n) is 8.86. The summed E-state index contributed by atoms with van der Waals surface area (Å²) in [5.74, 6) is -1.19. The lowest BCUT2D eigenvalue weighted by atomic mass is 10.1. The maximum Gasteiger partial charge on any atom is 0.416 e. The fourth-order valence-electron chi connectivity index (χ4n) is 2.71. The van der Waals surface area contributed by atoms with Crippen LogP contribution in [0.25, 0.3) is 5.69 Å². The van der Waals surface area contributed by atoms with Crippen LogP contribution in [0.2, 0.25) is 5.02 Å². The standard InChI is InChI=1S/C19H12ClF6N3O4S/c1-33-13-2-3-14(20)16(7-13)34(31,32)28-17(30)15-8-29(9-27-15)12-5-10(18(21,22)23)4-11(6-12)19(24,25)26/h2-9H,1H3,(H,28,30). The van der Waals surface area contributed by atoms with Crippen molar-refractivity contribution in [3.8, 4) is 11.4 Å². The van der Waals surface area contributed by atoms with Gasteiger partial charge in [0.2, 0.25) is 0 Å². The largest absolute Gasteiger partial charge is 0.497 e. The number of methoxy groups -OCH3 is 1. The van der Waals surface area contributed by atoms with Crippen molar-refractivity contribution in [1.82, 2.24) is 14.3 Å². The number of hydrogen-bond acceptors (Lipinski definition) is 5. The fraction of sp³-hybridized carbons (Fsp3) is 0.158. The molecule has 0 saturated carbocycles. The Morgan fingerprint density at radius 3 is 2.15 bits per heavy atom. The zero-order valence-electron chi connectivity index (χ0n) is 16.7. The Balaban J connectivity index is 1.95. The summed E-state index contributed by atoms with van der Waals surface area (Å²) in [5.41, 5.74) is -4.36. The highest BCUT2D eigenvalue weighted by atomic mass is 35.5. The minimum Gasteiger partial charge on any atom is -0.497 e. The highest BCUT2D eigenvalue weighted by Crippen LogP contribution is 2.37. The molecule has 15 heteroatoms. The third-order valence-electron chi connectivity index (χ3n) is 4.34. The molecular weight excluding hydrogens is 516 g/mol. The van der Waals surface area contributed by atoms with Crippen LogP contribution in [0.5, 0.6) is 5.75 Å². The van der Waals surface area contributed by atoms with Gasteiger partial charge in [-0.05, 0) is 30.3 Å². The number of rotatable bonds is 5. The number of nitrogens with zero attached hydrogens (tertiary/aromatic N) is 2. The Labute approximate surface area is 193 Å². The minimum atomic E-state index is -5.08. The lowest BCUT2D eigenvalue weighted by Gasteiger charge is -2.14. The highest BCUT2D eigenvalue weighted by Gasteiger charge is 2.37. The van der Waals surface area contributed by atoms with E-state index in [0.29, 0.717) is 16.7 Å². The lowest BCUT2D eigenvalue weighted by molar-refractivity contribution is -0.143.